The highest BCUT2D eigenvalue weighted by molar-refractivity contribution is 5.98. The van der Waals surface area contributed by atoms with Crippen LogP contribution in [0.1, 0.15) is 56.6 Å². The van der Waals surface area contributed by atoms with E-state index in [1.54, 1.807) is 26.0 Å². The first-order valence-corrected chi connectivity index (χ1v) is 14.3. The summed E-state index contributed by atoms with van der Waals surface area (Å²) in [5.74, 6) is -5.15. The Balaban J connectivity index is 1.84. The molecule has 1 aromatic heterocycles. The highest BCUT2D eigenvalue weighted by atomic mass is 16.7. The van der Waals surface area contributed by atoms with Crippen molar-refractivity contribution in [2.24, 2.45) is 11.8 Å². The van der Waals surface area contributed by atoms with Gasteiger partial charge in [-0.1, -0.05) is 51.1 Å². The van der Waals surface area contributed by atoms with Gasteiger partial charge in [0.15, 0.2) is 29.3 Å². The molecule has 44 heavy (non-hydrogen) atoms. The number of aromatic nitrogens is 1. The van der Waals surface area contributed by atoms with Gasteiger partial charge in [0.05, 0.1) is 13.0 Å². The monoisotopic (exact) mass is 614 g/mol. The van der Waals surface area contributed by atoms with Crippen molar-refractivity contribution in [2.45, 2.75) is 65.2 Å². The molecule has 0 saturated carbocycles. The number of cyclic esters (lactones) is 2. The minimum atomic E-state index is -1.45. The molecule has 1 aliphatic heterocycles. The molecule has 0 spiro atoms. The third kappa shape index (κ3) is 9.16. The SMILES string of the molecule is CCCC(=O)OCOc1c(OC)ccnc1C(=O)N[C@H]1COC(=O)[C@H](Cc2ccccc2)[C@@H](OC(=O)C(C)C)[C@H](C)OC1=O. The molecule has 1 N–H and O–H groups in total. The van der Waals surface area contributed by atoms with Crippen LogP contribution in [-0.4, -0.2) is 73.5 Å². The van der Waals surface area contributed by atoms with Crippen LogP contribution in [0.2, 0.25) is 0 Å². The Morgan fingerprint density at radius 2 is 1.82 bits per heavy atom. The second-order valence-electron chi connectivity index (χ2n) is 10.4. The van der Waals surface area contributed by atoms with E-state index in [1.807, 2.05) is 25.1 Å². The smallest absolute Gasteiger partial charge is 0.332 e. The molecule has 13 nitrogen and oxygen atoms in total. The zero-order valence-corrected chi connectivity index (χ0v) is 25.4. The minimum absolute atomic E-state index is 0.118. The number of benzene rings is 1. The van der Waals surface area contributed by atoms with E-state index >= 15 is 0 Å². The van der Waals surface area contributed by atoms with Crippen LogP contribution >= 0.6 is 0 Å². The average molecular weight is 615 g/mol. The van der Waals surface area contributed by atoms with Crippen molar-refractivity contribution in [1.29, 1.82) is 0 Å². The number of carbonyl (C=O) groups is 5. The van der Waals surface area contributed by atoms with E-state index in [2.05, 4.69) is 10.3 Å². The number of hydrogen-bond acceptors (Lipinski definition) is 12. The first-order valence-electron chi connectivity index (χ1n) is 14.3. The number of nitrogens with one attached hydrogen (secondary N) is 1. The van der Waals surface area contributed by atoms with E-state index in [0.29, 0.717) is 6.42 Å². The number of esters is 4. The van der Waals surface area contributed by atoms with Crippen molar-refractivity contribution in [3.8, 4) is 11.5 Å². The Labute approximate surface area is 255 Å². The maximum absolute atomic E-state index is 13.4. The van der Waals surface area contributed by atoms with Gasteiger partial charge in [0.25, 0.3) is 5.91 Å². The molecule has 2 aromatic rings. The predicted octanol–water partition coefficient (Wildman–Crippen LogP) is 2.78. The third-order valence-corrected chi connectivity index (χ3v) is 6.65. The van der Waals surface area contributed by atoms with Crippen LogP contribution < -0.4 is 14.8 Å². The number of carbonyl (C=O) groups excluding carboxylic acids is 5. The molecular weight excluding hydrogens is 576 g/mol. The van der Waals surface area contributed by atoms with Crippen LogP contribution in [0.4, 0.5) is 0 Å². The lowest BCUT2D eigenvalue weighted by Gasteiger charge is -2.29. The summed E-state index contributed by atoms with van der Waals surface area (Å²) < 4.78 is 32.6. The summed E-state index contributed by atoms with van der Waals surface area (Å²) in [6.07, 6.45) is -0.0359. The fraction of sp³-hybridized carbons (Fsp3) is 0.484. The number of hydrogen-bond donors (Lipinski definition) is 1. The van der Waals surface area contributed by atoms with Gasteiger partial charge in [0.1, 0.15) is 18.6 Å². The summed E-state index contributed by atoms with van der Waals surface area (Å²) in [5.41, 5.74) is 0.494. The van der Waals surface area contributed by atoms with Crippen molar-refractivity contribution in [3.63, 3.8) is 0 Å². The van der Waals surface area contributed by atoms with Gasteiger partial charge in [0, 0.05) is 18.7 Å². The summed E-state index contributed by atoms with van der Waals surface area (Å²) in [6.45, 7) is 5.52. The molecular formula is C31H38N2O11. The molecule has 1 aromatic carbocycles. The van der Waals surface area contributed by atoms with Crippen molar-refractivity contribution in [2.75, 3.05) is 20.5 Å². The fourth-order valence-corrected chi connectivity index (χ4v) is 4.30. The zero-order valence-electron chi connectivity index (χ0n) is 25.4. The van der Waals surface area contributed by atoms with Gasteiger partial charge in [0.2, 0.25) is 6.79 Å². The Kier molecular flexibility index (Phi) is 12.5. The molecule has 1 amide bonds. The Morgan fingerprint density at radius 3 is 2.48 bits per heavy atom. The number of methoxy groups -OCH3 is 1. The van der Waals surface area contributed by atoms with Crippen LogP contribution in [0.3, 0.4) is 0 Å². The standard InChI is InChI=1S/C31H38N2O11/c1-6-10-24(34)41-17-42-27-23(39-5)13-14-32-25(27)28(35)33-22-16-40-30(37)21(15-20-11-8-7-9-12-20)26(19(4)43-31(22)38)44-29(36)18(2)3/h7-9,11-14,18-19,21-22,26H,6,10,15-17H2,1-5H3,(H,33,35)/t19-,21+,22-,26-/m0/s1. The molecule has 0 radical (unpaired) electrons. The maximum Gasteiger partial charge on any atom is 0.332 e. The lowest BCUT2D eigenvalue weighted by molar-refractivity contribution is -0.176. The highest BCUT2D eigenvalue weighted by Crippen LogP contribution is 2.30. The van der Waals surface area contributed by atoms with Crippen LogP contribution in [0.25, 0.3) is 0 Å². The lowest BCUT2D eigenvalue weighted by atomic mass is 9.91. The van der Waals surface area contributed by atoms with Crippen molar-refractivity contribution in [3.05, 3.63) is 53.9 Å². The summed E-state index contributed by atoms with van der Waals surface area (Å²) in [4.78, 5) is 68.4. The van der Waals surface area contributed by atoms with Gasteiger partial charge in [-0.25, -0.2) is 9.78 Å². The summed E-state index contributed by atoms with van der Waals surface area (Å²) in [7, 11) is 1.35. The van der Waals surface area contributed by atoms with Crippen molar-refractivity contribution < 1.29 is 52.4 Å². The normalized spacial score (nSPS) is 20.2. The fourth-order valence-electron chi connectivity index (χ4n) is 4.30. The number of ether oxygens (including phenoxy) is 6. The number of rotatable bonds is 12. The van der Waals surface area contributed by atoms with E-state index in [9.17, 15) is 24.0 Å². The summed E-state index contributed by atoms with van der Waals surface area (Å²) >= 11 is 0. The molecule has 1 fully saturated rings. The first kappa shape index (κ1) is 33.8. The van der Waals surface area contributed by atoms with Crippen LogP contribution in [0, 0.1) is 11.8 Å². The third-order valence-electron chi connectivity index (χ3n) is 6.65. The van der Waals surface area contributed by atoms with Crippen LogP contribution in [-0.2, 0) is 44.5 Å². The van der Waals surface area contributed by atoms with E-state index in [4.69, 9.17) is 28.4 Å². The molecule has 1 saturated heterocycles. The summed E-state index contributed by atoms with van der Waals surface area (Å²) in [6, 6.07) is 9.04. The largest absolute Gasteiger partial charge is 0.493 e. The van der Waals surface area contributed by atoms with Gasteiger partial charge in [-0.05, 0) is 25.3 Å². The second-order valence-corrected chi connectivity index (χ2v) is 10.4. The highest BCUT2D eigenvalue weighted by Gasteiger charge is 2.42. The second kappa shape index (κ2) is 16.2. The van der Waals surface area contributed by atoms with Gasteiger partial charge < -0.3 is 33.7 Å². The minimum Gasteiger partial charge on any atom is -0.493 e. The van der Waals surface area contributed by atoms with E-state index in [0.717, 1.165) is 5.56 Å². The average Bonchev–Trinajstić information content (AvgIpc) is 3.03. The lowest BCUT2D eigenvalue weighted by Crippen LogP contribution is -2.47. The molecule has 2 heterocycles. The topological polar surface area (TPSA) is 166 Å². The number of pyridine rings is 1. The first-order chi connectivity index (χ1) is 21.0. The molecule has 238 valence electrons. The molecule has 0 bridgehead atoms. The van der Waals surface area contributed by atoms with E-state index < -0.39 is 73.3 Å². The molecule has 13 heteroatoms. The maximum atomic E-state index is 13.4. The molecule has 1 aliphatic rings. The predicted molar refractivity (Wildman–Crippen MR) is 153 cm³/mol. The van der Waals surface area contributed by atoms with Crippen molar-refractivity contribution >= 4 is 29.8 Å². The van der Waals surface area contributed by atoms with Gasteiger partial charge in [-0.3, -0.25) is 19.2 Å². The van der Waals surface area contributed by atoms with E-state index in [-0.39, 0.29) is 30.0 Å². The van der Waals surface area contributed by atoms with Gasteiger partial charge in [-0.15, -0.1) is 0 Å². The van der Waals surface area contributed by atoms with Crippen LogP contribution in [0.15, 0.2) is 42.6 Å². The summed E-state index contributed by atoms with van der Waals surface area (Å²) in [5, 5.41) is 2.47. The van der Waals surface area contributed by atoms with Crippen molar-refractivity contribution in [1.82, 2.24) is 10.3 Å². The quantitative estimate of drug-likeness (QED) is 0.211. The molecule has 4 atom stereocenters. The zero-order chi connectivity index (χ0) is 32.2. The van der Waals surface area contributed by atoms with Crippen LogP contribution in [0.5, 0.6) is 11.5 Å². The van der Waals surface area contributed by atoms with Gasteiger partial charge >= 0.3 is 23.9 Å². The number of amides is 1. The molecule has 0 unspecified atom stereocenters. The molecule has 0 aliphatic carbocycles. The Hall–Kier alpha value is -4.68. The Bertz CT molecular complexity index is 1310. The Morgan fingerprint density at radius 1 is 1.09 bits per heavy atom. The van der Waals surface area contributed by atoms with E-state index in [1.165, 1.54) is 26.3 Å². The number of nitrogens with zero attached hydrogens (tertiary/aromatic N) is 1. The van der Waals surface area contributed by atoms with Gasteiger partial charge in [-0.2, -0.15) is 0 Å². The molecule has 3 rings (SSSR count).